The van der Waals surface area contributed by atoms with Crippen LogP contribution in [-0.4, -0.2) is 81.2 Å². The number of anilines is 1. The normalized spacial score (nSPS) is 22.2. The molecular formula is C18H25N7O. The van der Waals surface area contributed by atoms with Gasteiger partial charge in [-0.1, -0.05) is 0 Å². The number of aromatic nitrogens is 4. The fourth-order valence-corrected chi connectivity index (χ4v) is 4.16. The summed E-state index contributed by atoms with van der Waals surface area (Å²) >= 11 is 0. The molecule has 0 N–H and O–H groups in total. The quantitative estimate of drug-likeness (QED) is 0.777. The zero-order valence-corrected chi connectivity index (χ0v) is 15.0. The van der Waals surface area contributed by atoms with Crippen LogP contribution in [0.1, 0.15) is 11.5 Å². The highest BCUT2D eigenvalue weighted by Crippen LogP contribution is 2.21. The number of ether oxygens (including phenoxy) is 1. The maximum Gasteiger partial charge on any atom is 0.225 e. The Labute approximate surface area is 153 Å². The average molecular weight is 355 g/mol. The number of hydrogen-bond acceptors (Lipinski definition) is 7. The number of nitrogens with zero attached hydrogens (tertiary/aromatic N) is 7. The van der Waals surface area contributed by atoms with E-state index in [1.165, 1.54) is 5.69 Å². The Bertz CT molecular complexity index is 735. The first-order chi connectivity index (χ1) is 12.9. The second-order valence-corrected chi connectivity index (χ2v) is 7.29. The van der Waals surface area contributed by atoms with Crippen molar-refractivity contribution in [3.05, 3.63) is 36.2 Å². The molecule has 5 heterocycles. The Hall–Kier alpha value is -2.03. The summed E-state index contributed by atoms with van der Waals surface area (Å²) in [5.74, 6) is 1.93. The number of fused-ring (bicyclic) bond motifs is 1. The van der Waals surface area contributed by atoms with Gasteiger partial charge in [0.15, 0.2) is 0 Å². The van der Waals surface area contributed by atoms with E-state index >= 15 is 0 Å². The molecule has 0 aromatic carbocycles. The first kappa shape index (κ1) is 16.2. The van der Waals surface area contributed by atoms with Gasteiger partial charge in [0.05, 0.1) is 12.3 Å². The minimum absolute atomic E-state index is 0.651. The molecule has 0 atom stereocenters. The Kier molecular flexibility index (Phi) is 4.32. The summed E-state index contributed by atoms with van der Waals surface area (Å²) in [7, 11) is 0. The standard InChI is InChI=1S/C18H25N7O/c1-2-19-18(20-3-1)24-6-4-23(5-7-24)16-12-22(13-16)11-15-10-21-17-14-26-9-8-25(15)17/h1-3,10,16H,4-9,11-14H2. The Balaban J connectivity index is 1.11. The van der Waals surface area contributed by atoms with Crippen LogP contribution in [0.5, 0.6) is 0 Å². The van der Waals surface area contributed by atoms with Crippen LogP contribution < -0.4 is 4.90 Å². The number of piperazine rings is 1. The molecule has 2 fully saturated rings. The molecule has 3 aliphatic rings. The zero-order valence-electron chi connectivity index (χ0n) is 15.0. The first-order valence-corrected chi connectivity index (χ1v) is 9.46. The molecule has 0 amide bonds. The summed E-state index contributed by atoms with van der Waals surface area (Å²) in [6.07, 6.45) is 5.66. The largest absolute Gasteiger partial charge is 0.372 e. The van der Waals surface area contributed by atoms with E-state index in [0.717, 1.165) is 70.7 Å². The van der Waals surface area contributed by atoms with Gasteiger partial charge in [0.25, 0.3) is 0 Å². The van der Waals surface area contributed by atoms with Gasteiger partial charge < -0.3 is 14.2 Å². The van der Waals surface area contributed by atoms with Crippen LogP contribution in [-0.2, 0) is 24.4 Å². The fourth-order valence-electron chi connectivity index (χ4n) is 4.16. The van der Waals surface area contributed by atoms with Gasteiger partial charge in [-0.05, 0) is 6.07 Å². The number of likely N-dealkylation sites (tertiary alicyclic amines) is 1. The summed E-state index contributed by atoms with van der Waals surface area (Å²) in [4.78, 5) is 20.7. The molecule has 3 aliphatic heterocycles. The highest BCUT2D eigenvalue weighted by molar-refractivity contribution is 5.29. The summed E-state index contributed by atoms with van der Waals surface area (Å²) in [6.45, 7) is 9.90. The molecule has 2 aromatic heterocycles. The predicted molar refractivity (Wildman–Crippen MR) is 96.8 cm³/mol. The third-order valence-corrected chi connectivity index (χ3v) is 5.70. The van der Waals surface area contributed by atoms with Gasteiger partial charge in [-0.3, -0.25) is 9.80 Å². The van der Waals surface area contributed by atoms with Gasteiger partial charge >= 0.3 is 0 Å². The van der Waals surface area contributed by atoms with Crippen molar-refractivity contribution in [3.8, 4) is 0 Å². The highest BCUT2D eigenvalue weighted by atomic mass is 16.5. The fraction of sp³-hybridized carbons (Fsp3) is 0.611. The molecule has 0 saturated carbocycles. The molecule has 2 saturated heterocycles. The first-order valence-electron chi connectivity index (χ1n) is 9.46. The van der Waals surface area contributed by atoms with Gasteiger partial charge in [-0.2, -0.15) is 0 Å². The predicted octanol–water partition coefficient (Wildman–Crippen LogP) is 0.210. The molecule has 138 valence electrons. The molecule has 8 nitrogen and oxygen atoms in total. The maximum atomic E-state index is 5.48. The van der Waals surface area contributed by atoms with Gasteiger partial charge in [0.1, 0.15) is 12.4 Å². The van der Waals surface area contributed by atoms with Crippen molar-refractivity contribution < 1.29 is 4.74 Å². The molecule has 0 aliphatic carbocycles. The molecule has 0 radical (unpaired) electrons. The number of imidazole rings is 1. The Morgan fingerprint density at radius 1 is 1.00 bits per heavy atom. The molecule has 2 aromatic rings. The molecule has 0 spiro atoms. The van der Waals surface area contributed by atoms with Crippen molar-refractivity contribution in [1.29, 1.82) is 0 Å². The van der Waals surface area contributed by atoms with Crippen molar-refractivity contribution in [2.75, 3.05) is 50.8 Å². The lowest BCUT2D eigenvalue weighted by Gasteiger charge is -2.48. The van der Waals surface area contributed by atoms with E-state index in [1.807, 2.05) is 24.7 Å². The lowest BCUT2D eigenvalue weighted by atomic mass is 10.1. The van der Waals surface area contributed by atoms with Crippen molar-refractivity contribution in [2.24, 2.45) is 0 Å². The molecule has 8 heteroatoms. The summed E-state index contributed by atoms with van der Waals surface area (Å²) in [5, 5.41) is 0. The van der Waals surface area contributed by atoms with Gasteiger partial charge in [0.2, 0.25) is 5.95 Å². The van der Waals surface area contributed by atoms with Crippen LogP contribution in [0.15, 0.2) is 24.7 Å². The van der Waals surface area contributed by atoms with Crippen LogP contribution in [0, 0.1) is 0 Å². The van der Waals surface area contributed by atoms with Crippen LogP contribution in [0.4, 0.5) is 5.95 Å². The second kappa shape index (κ2) is 6.94. The SMILES string of the molecule is c1cnc(N2CCN(C3CN(Cc4cnc5n4CCOC5)C3)CC2)nc1. The second-order valence-electron chi connectivity index (χ2n) is 7.29. The highest BCUT2D eigenvalue weighted by Gasteiger charge is 2.34. The summed E-state index contributed by atoms with van der Waals surface area (Å²) in [5.41, 5.74) is 1.33. The molecular weight excluding hydrogens is 330 g/mol. The van der Waals surface area contributed by atoms with Gasteiger partial charge in [-0.15, -0.1) is 0 Å². The van der Waals surface area contributed by atoms with Crippen molar-refractivity contribution >= 4 is 5.95 Å². The smallest absolute Gasteiger partial charge is 0.225 e. The summed E-state index contributed by atoms with van der Waals surface area (Å²) in [6, 6.07) is 2.55. The third-order valence-electron chi connectivity index (χ3n) is 5.70. The van der Waals surface area contributed by atoms with E-state index in [4.69, 9.17) is 4.74 Å². The lowest BCUT2D eigenvalue weighted by Crippen LogP contribution is -2.62. The van der Waals surface area contributed by atoms with E-state index in [0.29, 0.717) is 12.6 Å². The van der Waals surface area contributed by atoms with Gasteiger partial charge in [0, 0.05) is 77.0 Å². The number of hydrogen-bond donors (Lipinski definition) is 0. The van der Waals surface area contributed by atoms with Crippen molar-refractivity contribution in [1.82, 2.24) is 29.3 Å². The van der Waals surface area contributed by atoms with E-state index < -0.39 is 0 Å². The van der Waals surface area contributed by atoms with Crippen LogP contribution in [0.2, 0.25) is 0 Å². The van der Waals surface area contributed by atoms with E-state index in [9.17, 15) is 0 Å². The average Bonchev–Trinajstić information content (AvgIpc) is 3.08. The number of rotatable bonds is 4. The van der Waals surface area contributed by atoms with Crippen LogP contribution in [0.25, 0.3) is 0 Å². The van der Waals surface area contributed by atoms with Crippen LogP contribution in [0.3, 0.4) is 0 Å². The Morgan fingerprint density at radius 2 is 1.81 bits per heavy atom. The van der Waals surface area contributed by atoms with E-state index in [1.54, 1.807) is 0 Å². The van der Waals surface area contributed by atoms with Crippen LogP contribution >= 0.6 is 0 Å². The van der Waals surface area contributed by atoms with Crippen molar-refractivity contribution in [3.63, 3.8) is 0 Å². The summed E-state index contributed by atoms with van der Waals surface area (Å²) < 4.78 is 7.80. The minimum Gasteiger partial charge on any atom is -0.372 e. The molecule has 0 bridgehead atoms. The monoisotopic (exact) mass is 355 g/mol. The van der Waals surface area contributed by atoms with Crippen molar-refractivity contribution in [2.45, 2.75) is 25.7 Å². The maximum absolute atomic E-state index is 5.48. The molecule has 5 rings (SSSR count). The van der Waals surface area contributed by atoms with E-state index in [2.05, 4.69) is 34.2 Å². The third kappa shape index (κ3) is 3.08. The Morgan fingerprint density at radius 3 is 2.62 bits per heavy atom. The van der Waals surface area contributed by atoms with E-state index in [-0.39, 0.29) is 0 Å². The minimum atomic E-state index is 0.651. The topological polar surface area (TPSA) is 62.6 Å². The molecule has 26 heavy (non-hydrogen) atoms. The lowest BCUT2D eigenvalue weighted by molar-refractivity contribution is 0.0226. The molecule has 0 unspecified atom stereocenters. The van der Waals surface area contributed by atoms with Gasteiger partial charge in [-0.25, -0.2) is 15.0 Å². The zero-order chi connectivity index (χ0) is 17.3.